The topological polar surface area (TPSA) is 349 Å². The molecule has 1 aromatic heterocycles. The maximum absolute atomic E-state index is 12.6. The van der Waals surface area contributed by atoms with Gasteiger partial charge in [-0.2, -0.15) is 12.7 Å². The van der Waals surface area contributed by atoms with Crippen molar-refractivity contribution in [1.82, 2.24) is 14.9 Å². The van der Waals surface area contributed by atoms with E-state index in [2.05, 4.69) is 17.5 Å². The number of aliphatic hydroxyl groups is 4. The third-order valence-electron chi connectivity index (χ3n) is 5.76. The van der Waals surface area contributed by atoms with Crippen LogP contribution in [0.5, 0.6) is 0 Å². The smallest absolute Gasteiger partial charge is 0.394 e. The molecule has 2 aliphatic heterocycles. The lowest BCUT2D eigenvalue weighted by atomic mass is 9.97. The molecule has 1 aromatic rings. The van der Waals surface area contributed by atoms with Crippen LogP contribution in [0.15, 0.2) is 21.9 Å². The van der Waals surface area contributed by atoms with E-state index in [0.29, 0.717) is 4.57 Å². The summed E-state index contributed by atoms with van der Waals surface area (Å²) in [6.45, 7) is -1.36. The van der Waals surface area contributed by atoms with E-state index in [4.69, 9.17) is 14.0 Å². The number of nitrogens with one attached hydrogen (secondary N) is 2. The first-order chi connectivity index (χ1) is 19.7. The number of hydrogen-bond donors (Lipinski definition) is 9. The number of amides is 1. The van der Waals surface area contributed by atoms with Gasteiger partial charge in [0.25, 0.3) is 5.56 Å². The molecule has 2 saturated heterocycles. The molecule has 2 unspecified atom stereocenters. The van der Waals surface area contributed by atoms with Gasteiger partial charge in [-0.3, -0.25) is 32.7 Å². The number of aromatic nitrogens is 2. The summed E-state index contributed by atoms with van der Waals surface area (Å²) < 4.78 is 84.7. The van der Waals surface area contributed by atoms with Gasteiger partial charge in [-0.1, -0.05) is 0 Å². The van der Waals surface area contributed by atoms with Crippen molar-refractivity contribution in [2.75, 3.05) is 13.2 Å². The summed E-state index contributed by atoms with van der Waals surface area (Å²) in [5.74, 6) is -0.945. The Morgan fingerprint density at radius 3 is 2.30 bits per heavy atom. The predicted octanol–water partition coefficient (Wildman–Crippen LogP) is -4.82. The van der Waals surface area contributed by atoms with Crippen LogP contribution >= 0.6 is 15.6 Å². The molecule has 23 nitrogen and oxygen atoms in total. The maximum Gasteiger partial charge on any atom is 0.483 e. The fraction of sp³-hybridized carbons (Fsp3) is 0.706. The van der Waals surface area contributed by atoms with E-state index < -0.39 is 112 Å². The van der Waals surface area contributed by atoms with Crippen LogP contribution in [0.3, 0.4) is 0 Å². The standard InChI is InChI=1S/C17H27N3O20P2S/c1-6(22)18-10-12(25)14(39-43(32,33)34)7(4-21)37-16(10)38-42(30,31)40-41(28,29)35-5-8-11(24)13(26)15(36-8)20-3-2-9(23)19-17(20)27/h2-3,7-8,10-16,21,24-26H,4-5H2,1H3,(H,18,22)(H,28,29)(H,30,31)(H,19,23,27)(H,32,33,34)/t7-,8-,10-,11-,12-,13-,14+,15-,16+/m1/s1. The van der Waals surface area contributed by atoms with Gasteiger partial charge in [0.2, 0.25) is 5.91 Å². The molecule has 0 radical (unpaired) electrons. The van der Waals surface area contributed by atoms with Crippen LogP contribution in [-0.4, -0.2) is 121 Å². The molecule has 26 heteroatoms. The molecule has 9 N–H and O–H groups in total. The maximum atomic E-state index is 12.6. The van der Waals surface area contributed by atoms with Gasteiger partial charge < -0.3 is 45.0 Å². The van der Waals surface area contributed by atoms with Gasteiger partial charge in [-0.15, -0.1) is 0 Å². The molecule has 3 heterocycles. The minimum Gasteiger partial charge on any atom is -0.394 e. The minimum atomic E-state index is -5.79. The highest BCUT2D eigenvalue weighted by Crippen LogP contribution is 2.61. The van der Waals surface area contributed by atoms with E-state index in [1.165, 1.54) is 0 Å². The molecule has 3 rings (SSSR count). The second kappa shape index (κ2) is 13.6. The van der Waals surface area contributed by atoms with E-state index in [1.807, 2.05) is 10.3 Å². The van der Waals surface area contributed by atoms with Gasteiger partial charge in [0.15, 0.2) is 12.5 Å². The van der Waals surface area contributed by atoms with E-state index in [1.54, 1.807) is 0 Å². The van der Waals surface area contributed by atoms with E-state index in [9.17, 15) is 62.1 Å². The minimum absolute atomic E-state index is 0.690. The van der Waals surface area contributed by atoms with E-state index >= 15 is 0 Å². The molecule has 0 aromatic carbocycles. The summed E-state index contributed by atoms with van der Waals surface area (Å²) in [4.78, 5) is 56.7. The summed E-state index contributed by atoms with van der Waals surface area (Å²) in [5, 5.41) is 42.4. The number of ether oxygens (including phenoxy) is 2. The molecule has 1 amide bonds. The van der Waals surface area contributed by atoms with Crippen LogP contribution in [0.2, 0.25) is 0 Å². The van der Waals surface area contributed by atoms with Crippen molar-refractivity contribution < 1.29 is 84.1 Å². The highest BCUT2D eigenvalue weighted by Gasteiger charge is 2.52. The Hall–Kier alpha value is -1.96. The number of phosphoric acid groups is 2. The molecule has 43 heavy (non-hydrogen) atoms. The van der Waals surface area contributed by atoms with Crippen LogP contribution in [0, 0.1) is 0 Å². The predicted molar refractivity (Wildman–Crippen MR) is 131 cm³/mol. The van der Waals surface area contributed by atoms with Crippen molar-refractivity contribution in [3.63, 3.8) is 0 Å². The van der Waals surface area contributed by atoms with Crippen LogP contribution in [0.25, 0.3) is 0 Å². The zero-order valence-corrected chi connectivity index (χ0v) is 24.1. The Bertz CT molecular complexity index is 1480. The second-order valence-electron chi connectivity index (χ2n) is 8.91. The summed E-state index contributed by atoms with van der Waals surface area (Å²) in [6.07, 6.45) is -14.5. The Kier molecular flexibility index (Phi) is 11.2. The number of carbonyl (C=O) groups excluding carboxylic acids is 1. The molecule has 0 aliphatic carbocycles. The number of aromatic amines is 1. The molecule has 0 saturated carbocycles. The lowest BCUT2D eigenvalue weighted by molar-refractivity contribution is -0.242. The first-order valence-electron chi connectivity index (χ1n) is 11.6. The quantitative estimate of drug-likeness (QED) is 0.0735. The van der Waals surface area contributed by atoms with Gasteiger partial charge in [0.05, 0.1) is 13.2 Å². The number of nitrogens with zero attached hydrogens (tertiary/aromatic N) is 1. The molecule has 11 atom stereocenters. The largest absolute Gasteiger partial charge is 0.483 e. The van der Waals surface area contributed by atoms with Crippen LogP contribution in [-0.2, 0) is 51.3 Å². The zero-order chi connectivity index (χ0) is 32.5. The molecular weight excluding hydrogens is 660 g/mol. The fourth-order valence-corrected chi connectivity index (χ4v) is 6.68. The third-order valence-corrected chi connectivity index (χ3v) is 8.83. The average molecular weight is 687 g/mol. The first kappa shape index (κ1) is 35.5. The van der Waals surface area contributed by atoms with Crippen molar-refractivity contribution in [2.45, 2.75) is 62.1 Å². The van der Waals surface area contributed by atoms with E-state index in [0.717, 1.165) is 19.2 Å². The fourth-order valence-electron chi connectivity index (χ4n) is 4.00. The Morgan fingerprint density at radius 2 is 1.74 bits per heavy atom. The molecule has 2 fully saturated rings. The molecule has 246 valence electrons. The van der Waals surface area contributed by atoms with Crippen molar-refractivity contribution in [3.05, 3.63) is 33.1 Å². The third kappa shape index (κ3) is 9.27. The van der Waals surface area contributed by atoms with Crippen molar-refractivity contribution >= 4 is 32.0 Å². The number of phosphoric ester groups is 2. The number of hydrogen-bond acceptors (Lipinski definition) is 17. The number of carbonyl (C=O) groups is 1. The SMILES string of the molecule is CC(=O)N[C@H]1[C@H](OP(=O)(O)OP(=O)(O)OC[C@H]2O[C@@H](n3ccc(=O)[nH]c3=O)[C@H](O)[C@@H]2O)O[C@H](CO)[C@H](OS(=O)(=O)O)[C@@H]1O. The Labute approximate surface area is 239 Å². The van der Waals surface area contributed by atoms with Crippen LogP contribution in [0.4, 0.5) is 0 Å². The Balaban J connectivity index is 1.70. The van der Waals surface area contributed by atoms with Crippen LogP contribution in [0.1, 0.15) is 13.2 Å². The summed E-state index contributed by atoms with van der Waals surface area (Å²) in [5.41, 5.74) is -1.82. The molecule has 2 aliphatic rings. The molecule has 0 spiro atoms. The highest BCUT2D eigenvalue weighted by atomic mass is 32.3. The van der Waals surface area contributed by atoms with Gasteiger partial charge in [0, 0.05) is 19.2 Å². The monoisotopic (exact) mass is 687 g/mol. The van der Waals surface area contributed by atoms with Crippen molar-refractivity contribution in [1.29, 1.82) is 0 Å². The van der Waals surface area contributed by atoms with Gasteiger partial charge in [0.1, 0.15) is 42.7 Å². The first-order valence-corrected chi connectivity index (χ1v) is 16.0. The normalized spacial score (nSPS) is 34.3. The average Bonchev–Trinajstić information content (AvgIpc) is 3.13. The van der Waals surface area contributed by atoms with E-state index in [-0.39, 0.29) is 0 Å². The summed E-state index contributed by atoms with van der Waals surface area (Å²) >= 11 is 0. The zero-order valence-electron chi connectivity index (χ0n) is 21.5. The molecular formula is C17H27N3O20P2S. The highest BCUT2D eigenvalue weighted by molar-refractivity contribution is 7.80. The van der Waals surface area contributed by atoms with Crippen LogP contribution < -0.4 is 16.6 Å². The van der Waals surface area contributed by atoms with Crippen molar-refractivity contribution in [3.8, 4) is 0 Å². The number of rotatable bonds is 12. The number of aliphatic hydroxyl groups excluding tert-OH is 4. The lowest BCUT2D eigenvalue weighted by Gasteiger charge is -2.43. The summed E-state index contributed by atoms with van der Waals surface area (Å²) in [6, 6.07) is -1.06. The van der Waals surface area contributed by atoms with Gasteiger partial charge in [-0.25, -0.2) is 18.1 Å². The van der Waals surface area contributed by atoms with Gasteiger partial charge >= 0.3 is 31.7 Å². The van der Waals surface area contributed by atoms with Gasteiger partial charge in [-0.05, 0) is 0 Å². The van der Waals surface area contributed by atoms with Crippen molar-refractivity contribution in [2.24, 2.45) is 0 Å². The Morgan fingerprint density at radius 1 is 1.09 bits per heavy atom. The summed E-state index contributed by atoms with van der Waals surface area (Å²) in [7, 11) is -16.7. The molecule has 0 bridgehead atoms. The second-order valence-corrected chi connectivity index (χ2v) is 13.0. The number of H-pyrrole nitrogens is 1. The lowest BCUT2D eigenvalue weighted by Crippen LogP contribution is -2.65.